The van der Waals surface area contributed by atoms with Crippen molar-refractivity contribution in [2.75, 3.05) is 5.32 Å². The Hall–Kier alpha value is -2.10. The van der Waals surface area contributed by atoms with Crippen molar-refractivity contribution in [3.63, 3.8) is 0 Å². The lowest BCUT2D eigenvalue weighted by molar-refractivity contribution is -0.116. The van der Waals surface area contributed by atoms with Crippen LogP contribution in [0.4, 0.5) is 5.69 Å². The van der Waals surface area contributed by atoms with E-state index >= 15 is 0 Å². The van der Waals surface area contributed by atoms with Gasteiger partial charge in [-0.05, 0) is 43.9 Å². The number of hydrogen-bond acceptors (Lipinski definition) is 2. The second-order valence-corrected chi connectivity index (χ2v) is 5.33. The van der Waals surface area contributed by atoms with Gasteiger partial charge in [-0.3, -0.25) is 9.48 Å². The fourth-order valence-electron chi connectivity index (χ4n) is 2.58. The standard InChI is InChI=1S/C17H23N3O/c1-5-14-8-6-7-9-16(14)18-17(21)11-10-15-12(2)19-20(4)13(15)3/h6-9H,5,10-11H2,1-4H3,(H,18,21). The quantitative estimate of drug-likeness (QED) is 0.917. The van der Waals surface area contributed by atoms with E-state index in [1.54, 1.807) is 0 Å². The fourth-order valence-corrected chi connectivity index (χ4v) is 2.58. The van der Waals surface area contributed by atoms with Crippen LogP contribution in [0, 0.1) is 13.8 Å². The van der Waals surface area contributed by atoms with E-state index in [9.17, 15) is 4.79 Å². The molecule has 0 saturated heterocycles. The second kappa shape index (κ2) is 6.57. The number of carbonyl (C=O) groups excluding carboxylic acids is 1. The molecule has 0 atom stereocenters. The molecule has 0 fully saturated rings. The maximum atomic E-state index is 12.1. The van der Waals surface area contributed by atoms with Crippen LogP contribution in [0.25, 0.3) is 0 Å². The molecule has 4 heteroatoms. The Labute approximate surface area is 126 Å². The molecule has 0 saturated carbocycles. The van der Waals surface area contributed by atoms with Crippen LogP contribution in [-0.4, -0.2) is 15.7 Å². The minimum absolute atomic E-state index is 0.0542. The van der Waals surface area contributed by atoms with Gasteiger partial charge in [0.2, 0.25) is 5.91 Å². The zero-order valence-electron chi connectivity index (χ0n) is 13.2. The first kappa shape index (κ1) is 15.3. The number of rotatable bonds is 5. The van der Waals surface area contributed by atoms with Crippen molar-refractivity contribution in [1.29, 1.82) is 0 Å². The molecule has 2 aromatic rings. The van der Waals surface area contributed by atoms with Crippen LogP contribution < -0.4 is 5.32 Å². The average Bonchev–Trinajstić information content (AvgIpc) is 2.71. The van der Waals surface area contributed by atoms with Crippen molar-refractivity contribution in [3.05, 3.63) is 46.8 Å². The lowest BCUT2D eigenvalue weighted by Gasteiger charge is -2.09. The molecule has 1 amide bonds. The summed E-state index contributed by atoms with van der Waals surface area (Å²) in [6.45, 7) is 6.12. The summed E-state index contributed by atoms with van der Waals surface area (Å²) in [5.41, 5.74) is 5.41. The maximum Gasteiger partial charge on any atom is 0.224 e. The molecule has 1 aromatic heterocycles. The first-order valence-corrected chi connectivity index (χ1v) is 7.39. The Morgan fingerprint density at radius 2 is 2.00 bits per heavy atom. The van der Waals surface area contributed by atoms with Crippen LogP contribution >= 0.6 is 0 Å². The van der Waals surface area contributed by atoms with Gasteiger partial charge in [-0.25, -0.2) is 0 Å². The van der Waals surface area contributed by atoms with E-state index in [2.05, 4.69) is 17.3 Å². The van der Waals surface area contributed by atoms with Gasteiger partial charge in [0.25, 0.3) is 0 Å². The lowest BCUT2D eigenvalue weighted by Crippen LogP contribution is -2.14. The molecular weight excluding hydrogens is 262 g/mol. The first-order chi connectivity index (χ1) is 10.0. The first-order valence-electron chi connectivity index (χ1n) is 7.39. The monoisotopic (exact) mass is 285 g/mol. The van der Waals surface area contributed by atoms with Gasteiger partial charge in [0.1, 0.15) is 0 Å². The van der Waals surface area contributed by atoms with E-state index < -0.39 is 0 Å². The van der Waals surface area contributed by atoms with Gasteiger partial charge in [-0.15, -0.1) is 0 Å². The van der Waals surface area contributed by atoms with Crippen molar-refractivity contribution in [2.24, 2.45) is 7.05 Å². The smallest absolute Gasteiger partial charge is 0.224 e. The van der Waals surface area contributed by atoms with Crippen molar-refractivity contribution >= 4 is 11.6 Å². The number of aryl methyl sites for hydroxylation is 3. The molecule has 4 nitrogen and oxygen atoms in total. The van der Waals surface area contributed by atoms with Crippen LogP contribution in [0.5, 0.6) is 0 Å². The summed E-state index contributed by atoms with van der Waals surface area (Å²) in [7, 11) is 1.93. The Bertz CT molecular complexity index is 643. The molecule has 0 unspecified atom stereocenters. The second-order valence-electron chi connectivity index (χ2n) is 5.33. The third kappa shape index (κ3) is 3.51. The van der Waals surface area contributed by atoms with Gasteiger partial charge in [-0.1, -0.05) is 25.1 Å². The SMILES string of the molecule is CCc1ccccc1NC(=O)CCc1c(C)nn(C)c1C. The molecule has 0 aliphatic rings. The Kier molecular flexibility index (Phi) is 4.78. The molecule has 0 bridgehead atoms. The van der Waals surface area contributed by atoms with Crippen LogP contribution in [0.1, 0.15) is 35.9 Å². The summed E-state index contributed by atoms with van der Waals surface area (Å²) in [5.74, 6) is 0.0542. The van der Waals surface area contributed by atoms with Crippen LogP contribution in [0.2, 0.25) is 0 Å². The molecule has 0 aliphatic heterocycles. The zero-order valence-corrected chi connectivity index (χ0v) is 13.2. The Balaban J connectivity index is 1.99. The number of amides is 1. The van der Waals surface area contributed by atoms with Crippen LogP contribution in [0.3, 0.4) is 0 Å². The zero-order chi connectivity index (χ0) is 15.4. The number of carbonyl (C=O) groups is 1. The predicted octanol–water partition coefficient (Wildman–Crippen LogP) is 3.17. The predicted molar refractivity (Wildman–Crippen MR) is 85.5 cm³/mol. The summed E-state index contributed by atoms with van der Waals surface area (Å²) >= 11 is 0. The number of anilines is 1. The maximum absolute atomic E-state index is 12.1. The highest BCUT2D eigenvalue weighted by Gasteiger charge is 2.12. The normalized spacial score (nSPS) is 10.7. The number of aromatic nitrogens is 2. The van der Waals surface area contributed by atoms with Crippen molar-refractivity contribution in [1.82, 2.24) is 9.78 Å². The molecule has 1 N–H and O–H groups in total. The topological polar surface area (TPSA) is 46.9 Å². The van der Waals surface area contributed by atoms with Gasteiger partial charge < -0.3 is 5.32 Å². The molecule has 1 heterocycles. The van der Waals surface area contributed by atoms with Crippen molar-refractivity contribution in [2.45, 2.75) is 40.0 Å². The molecule has 0 aliphatic carbocycles. The highest BCUT2D eigenvalue weighted by molar-refractivity contribution is 5.91. The minimum Gasteiger partial charge on any atom is -0.326 e. The number of nitrogens with zero attached hydrogens (tertiary/aromatic N) is 2. The van der Waals surface area contributed by atoms with E-state index in [1.807, 2.05) is 49.8 Å². The molecule has 21 heavy (non-hydrogen) atoms. The average molecular weight is 285 g/mol. The van der Waals surface area contributed by atoms with E-state index in [1.165, 1.54) is 11.1 Å². The number of nitrogens with one attached hydrogen (secondary N) is 1. The number of hydrogen-bond donors (Lipinski definition) is 1. The third-order valence-corrected chi connectivity index (χ3v) is 3.93. The summed E-state index contributed by atoms with van der Waals surface area (Å²) in [4.78, 5) is 12.1. The third-order valence-electron chi connectivity index (χ3n) is 3.93. The molecule has 1 aromatic carbocycles. The van der Waals surface area contributed by atoms with Crippen molar-refractivity contribution in [3.8, 4) is 0 Å². The molecular formula is C17H23N3O. The Morgan fingerprint density at radius 3 is 2.62 bits per heavy atom. The summed E-state index contributed by atoms with van der Waals surface area (Å²) in [6.07, 6.45) is 2.12. The van der Waals surface area contributed by atoms with E-state index in [4.69, 9.17) is 0 Å². The largest absolute Gasteiger partial charge is 0.326 e. The van der Waals surface area contributed by atoms with Crippen molar-refractivity contribution < 1.29 is 4.79 Å². The highest BCUT2D eigenvalue weighted by atomic mass is 16.1. The molecule has 0 radical (unpaired) electrons. The highest BCUT2D eigenvalue weighted by Crippen LogP contribution is 2.17. The van der Waals surface area contributed by atoms with E-state index in [0.29, 0.717) is 6.42 Å². The number of benzene rings is 1. The van der Waals surface area contributed by atoms with Gasteiger partial charge in [0, 0.05) is 24.8 Å². The van der Waals surface area contributed by atoms with Gasteiger partial charge in [0.15, 0.2) is 0 Å². The molecule has 0 spiro atoms. The van der Waals surface area contributed by atoms with Crippen LogP contribution in [-0.2, 0) is 24.7 Å². The number of para-hydroxylation sites is 1. The minimum atomic E-state index is 0.0542. The van der Waals surface area contributed by atoms with E-state index in [0.717, 1.165) is 29.9 Å². The summed E-state index contributed by atoms with van der Waals surface area (Å²) in [5, 5.41) is 7.40. The fraction of sp³-hybridized carbons (Fsp3) is 0.412. The summed E-state index contributed by atoms with van der Waals surface area (Å²) in [6, 6.07) is 7.95. The molecule has 112 valence electrons. The van der Waals surface area contributed by atoms with Crippen LogP contribution in [0.15, 0.2) is 24.3 Å². The van der Waals surface area contributed by atoms with E-state index in [-0.39, 0.29) is 5.91 Å². The lowest BCUT2D eigenvalue weighted by atomic mass is 10.1. The van der Waals surface area contributed by atoms with Gasteiger partial charge in [-0.2, -0.15) is 5.10 Å². The summed E-state index contributed by atoms with van der Waals surface area (Å²) < 4.78 is 1.87. The van der Waals surface area contributed by atoms with Gasteiger partial charge in [0.05, 0.1) is 5.69 Å². The Morgan fingerprint density at radius 1 is 1.29 bits per heavy atom. The van der Waals surface area contributed by atoms with Gasteiger partial charge >= 0.3 is 0 Å². The molecule has 2 rings (SSSR count).